The molecular formula is C18H24N4O3S. The van der Waals surface area contributed by atoms with Crippen LogP contribution in [0.4, 0.5) is 5.69 Å². The van der Waals surface area contributed by atoms with Gasteiger partial charge in [0.1, 0.15) is 0 Å². The van der Waals surface area contributed by atoms with Gasteiger partial charge in [0, 0.05) is 12.3 Å². The number of hydrogen-bond donors (Lipinski definition) is 2. The zero-order valence-corrected chi connectivity index (χ0v) is 16.1. The van der Waals surface area contributed by atoms with Crippen LogP contribution in [0.15, 0.2) is 28.2 Å². The third-order valence-corrected chi connectivity index (χ3v) is 5.60. The molecule has 0 saturated carbocycles. The van der Waals surface area contributed by atoms with Crippen molar-refractivity contribution in [1.29, 1.82) is 0 Å². The Hall–Kier alpha value is -2.06. The van der Waals surface area contributed by atoms with Gasteiger partial charge in [0.2, 0.25) is 5.91 Å². The Labute approximate surface area is 156 Å². The third kappa shape index (κ3) is 4.19. The fourth-order valence-corrected chi connectivity index (χ4v) is 3.86. The van der Waals surface area contributed by atoms with Crippen molar-refractivity contribution in [3.63, 3.8) is 0 Å². The maximum absolute atomic E-state index is 12.6. The average molecular weight is 376 g/mol. The highest BCUT2D eigenvalue weighted by Gasteiger charge is 2.23. The number of carbonyl (C=O) groups excluding carboxylic acids is 1. The van der Waals surface area contributed by atoms with E-state index in [1.165, 1.54) is 11.8 Å². The first-order valence-electron chi connectivity index (χ1n) is 8.76. The number of anilines is 1. The number of benzene rings is 1. The van der Waals surface area contributed by atoms with E-state index in [-0.39, 0.29) is 17.7 Å². The van der Waals surface area contributed by atoms with Gasteiger partial charge in [0.15, 0.2) is 5.16 Å². The van der Waals surface area contributed by atoms with Crippen molar-refractivity contribution in [2.45, 2.75) is 56.7 Å². The van der Waals surface area contributed by atoms with E-state index in [9.17, 15) is 9.59 Å². The predicted octanol–water partition coefficient (Wildman–Crippen LogP) is 2.49. The van der Waals surface area contributed by atoms with Gasteiger partial charge >= 0.3 is 5.69 Å². The average Bonchev–Trinajstić information content (AvgIpc) is 3.23. The molecule has 0 unspecified atom stereocenters. The number of hydrogen-bond acceptors (Lipinski definition) is 5. The van der Waals surface area contributed by atoms with Gasteiger partial charge < -0.3 is 10.1 Å². The fourth-order valence-electron chi connectivity index (χ4n) is 2.99. The summed E-state index contributed by atoms with van der Waals surface area (Å²) in [5.41, 5.74) is 2.60. The second-order valence-electron chi connectivity index (χ2n) is 6.57. The number of thioether (sulfide) groups is 1. The Morgan fingerprint density at radius 3 is 2.85 bits per heavy atom. The number of aromatic amines is 1. The minimum Gasteiger partial charge on any atom is -0.376 e. The Kier molecular flexibility index (Phi) is 5.83. The summed E-state index contributed by atoms with van der Waals surface area (Å²) in [6.07, 6.45) is 1.97. The summed E-state index contributed by atoms with van der Waals surface area (Å²) >= 11 is 1.27. The molecule has 0 aliphatic carbocycles. The van der Waals surface area contributed by atoms with Crippen LogP contribution in [-0.2, 0) is 16.1 Å². The van der Waals surface area contributed by atoms with Crippen molar-refractivity contribution in [2.24, 2.45) is 0 Å². The van der Waals surface area contributed by atoms with Crippen molar-refractivity contribution < 1.29 is 9.53 Å². The molecule has 1 aromatic heterocycles. The lowest BCUT2D eigenvalue weighted by Gasteiger charge is -2.16. The molecule has 140 valence electrons. The molecule has 1 amide bonds. The van der Waals surface area contributed by atoms with E-state index >= 15 is 0 Å². The van der Waals surface area contributed by atoms with Crippen LogP contribution in [0.25, 0.3) is 0 Å². The highest BCUT2D eigenvalue weighted by molar-refractivity contribution is 8.00. The summed E-state index contributed by atoms with van der Waals surface area (Å²) in [6, 6.07) is 5.90. The summed E-state index contributed by atoms with van der Waals surface area (Å²) < 4.78 is 7.16. The molecule has 1 saturated heterocycles. The number of para-hydroxylation sites is 1. The number of rotatable bonds is 6. The molecular weight excluding hydrogens is 352 g/mol. The van der Waals surface area contributed by atoms with Crippen molar-refractivity contribution >= 4 is 23.4 Å². The quantitative estimate of drug-likeness (QED) is 0.756. The molecule has 1 aliphatic rings. The largest absolute Gasteiger partial charge is 0.376 e. The smallest absolute Gasteiger partial charge is 0.344 e. The molecule has 0 bridgehead atoms. The lowest BCUT2D eigenvalue weighted by Crippen LogP contribution is -2.27. The molecule has 8 heteroatoms. The summed E-state index contributed by atoms with van der Waals surface area (Å²) in [6.45, 7) is 6.93. The second-order valence-corrected chi connectivity index (χ2v) is 7.88. The summed E-state index contributed by atoms with van der Waals surface area (Å²) in [5, 5.41) is 9.65. The first-order valence-corrected chi connectivity index (χ1v) is 9.64. The van der Waals surface area contributed by atoms with Gasteiger partial charge in [-0.1, -0.05) is 30.0 Å². The number of amides is 1. The van der Waals surface area contributed by atoms with Crippen molar-refractivity contribution in [1.82, 2.24) is 14.8 Å². The van der Waals surface area contributed by atoms with Gasteiger partial charge in [-0.3, -0.25) is 9.36 Å². The lowest BCUT2D eigenvalue weighted by atomic mass is 10.1. The molecule has 2 N–H and O–H groups in total. The molecule has 1 fully saturated rings. The van der Waals surface area contributed by atoms with E-state index in [1.54, 1.807) is 4.57 Å². The second kappa shape index (κ2) is 8.09. The minimum absolute atomic E-state index is 0.0309. The number of nitrogens with one attached hydrogen (secondary N) is 2. The standard InChI is InChI=1S/C18H24N4O3S/c1-11-6-4-7-12(2)15(11)19-16(23)13(3)26-18-21-20-17(24)22(18)10-14-8-5-9-25-14/h4,6-7,13-14H,5,8-10H2,1-3H3,(H,19,23)(H,20,24)/t13-,14+/m1/s1. The van der Waals surface area contributed by atoms with Crippen molar-refractivity contribution in [3.05, 3.63) is 39.8 Å². The molecule has 7 nitrogen and oxygen atoms in total. The maximum atomic E-state index is 12.6. The number of carbonyl (C=O) groups is 1. The zero-order chi connectivity index (χ0) is 18.7. The molecule has 0 spiro atoms. The molecule has 2 aromatic rings. The van der Waals surface area contributed by atoms with E-state index in [4.69, 9.17) is 4.74 Å². The highest BCUT2D eigenvalue weighted by atomic mass is 32.2. The Morgan fingerprint density at radius 2 is 2.19 bits per heavy atom. The molecule has 26 heavy (non-hydrogen) atoms. The van der Waals surface area contributed by atoms with E-state index in [1.807, 2.05) is 39.0 Å². The van der Waals surface area contributed by atoms with Crippen molar-refractivity contribution in [3.8, 4) is 0 Å². The number of nitrogens with zero attached hydrogens (tertiary/aromatic N) is 2. The Bertz CT molecular complexity index is 819. The molecule has 2 atom stereocenters. The number of aromatic nitrogens is 3. The summed E-state index contributed by atoms with van der Waals surface area (Å²) in [5.74, 6) is -0.119. The first-order chi connectivity index (χ1) is 12.5. The van der Waals surface area contributed by atoms with Crippen LogP contribution in [0.1, 0.15) is 30.9 Å². The molecule has 0 radical (unpaired) electrons. The van der Waals surface area contributed by atoms with Crippen LogP contribution in [0.3, 0.4) is 0 Å². The van der Waals surface area contributed by atoms with Crippen LogP contribution in [-0.4, -0.2) is 38.6 Å². The van der Waals surface area contributed by atoms with Crippen molar-refractivity contribution in [2.75, 3.05) is 11.9 Å². The van der Waals surface area contributed by atoms with Crippen LogP contribution < -0.4 is 11.0 Å². The highest BCUT2D eigenvalue weighted by Crippen LogP contribution is 2.25. The van der Waals surface area contributed by atoms with Gasteiger partial charge in [-0.2, -0.15) is 0 Å². The molecule has 1 aromatic carbocycles. The van der Waals surface area contributed by atoms with Gasteiger partial charge in [0.25, 0.3) is 0 Å². The fraction of sp³-hybridized carbons (Fsp3) is 0.500. The van der Waals surface area contributed by atoms with Crippen LogP contribution in [0.2, 0.25) is 0 Å². The van der Waals surface area contributed by atoms with E-state index in [2.05, 4.69) is 15.5 Å². The van der Waals surface area contributed by atoms with Gasteiger partial charge in [-0.15, -0.1) is 5.10 Å². The van der Waals surface area contributed by atoms with Gasteiger partial charge in [-0.25, -0.2) is 9.89 Å². The van der Waals surface area contributed by atoms with Gasteiger partial charge in [0.05, 0.1) is 17.9 Å². The topological polar surface area (TPSA) is 89.0 Å². The number of aryl methyl sites for hydroxylation is 2. The number of H-pyrrole nitrogens is 1. The van der Waals surface area contributed by atoms with E-state index in [0.717, 1.165) is 36.3 Å². The number of ether oxygens (including phenoxy) is 1. The summed E-state index contributed by atoms with van der Waals surface area (Å²) in [4.78, 5) is 24.6. The monoisotopic (exact) mass is 376 g/mol. The molecule has 1 aliphatic heterocycles. The minimum atomic E-state index is -0.396. The maximum Gasteiger partial charge on any atom is 0.344 e. The van der Waals surface area contributed by atoms with Crippen LogP contribution >= 0.6 is 11.8 Å². The lowest BCUT2D eigenvalue weighted by molar-refractivity contribution is -0.115. The summed E-state index contributed by atoms with van der Waals surface area (Å²) in [7, 11) is 0. The normalized spacial score (nSPS) is 18.0. The Balaban J connectivity index is 1.68. The van der Waals surface area contributed by atoms with E-state index in [0.29, 0.717) is 11.7 Å². The van der Waals surface area contributed by atoms with Crippen LogP contribution in [0.5, 0.6) is 0 Å². The predicted molar refractivity (Wildman–Crippen MR) is 102 cm³/mol. The molecule has 2 heterocycles. The first kappa shape index (κ1) is 18.7. The van der Waals surface area contributed by atoms with Gasteiger partial charge in [-0.05, 0) is 44.7 Å². The zero-order valence-electron chi connectivity index (χ0n) is 15.2. The molecule has 3 rings (SSSR count). The third-order valence-electron chi connectivity index (χ3n) is 4.51. The Morgan fingerprint density at radius 1 is 1.46 bits per heavy atom. The SMILES string of the molecule is Cc1cccc(C)c1NC(=O)[C@@H](C)Sc1n[nH]c(=O)n1C[C@@H]1CCCO1. The van der Waals surface area contributed by atoms with E-state index < -0.39 is 5.25 Å². The van der Waals surface area contributed by atoms with Crippen LogP contribution in [0, 0.1) is 13.8 Å².